The first kappa shape index (κ1) is 22.6. The summed E-state index contributed by atoms with van der Waals surface area (Å²) in [6, 6.07) is 13.4. The lowest BCUT2D eigenvalue weighted by Gasteiger charge is -2.19. The van der Waals surface area contributed by atoms with E-state index in [1.807, 2.05) is 30.3 Å². The third kappa shape index (κ3) is 5.43. The molecule has 1 N–H and O–H groups in total. The lowest BCUT2D eigenvalue weighted by atomic mass is 10.1. The van der Waals surface area contributed by atoms with E-state index < -0.39 is 30.7 Å². The summed E-state index contributed by atoms with van der Waals surface area (Å²) in [4.78, 5) is 26.9. The molecule has 0 bridgehead atoms. The van der Waals surface area contributed by atoms with Gasteiger partial charge in [-0.1, -0.05) is 41.9 Å². The van der Waals surface area contributed by atoms with Gasteiger partial charge in [0.1, 0.15) is 12.4 Å². The first-order valence-electron chi connectivity index (χ1n) is 10.1. The number of anilines is 1. The number of carbonyl (C=O) groups excluding carboxylic acids is 2. The minimum Gasteiger partial charge on any atom is -0.488 e. The predicted octanol–water partition coefficient (Wildman–Crippen LogP) is 4.44. The van der Waals surface area contributed by atoms with Crippen molar-refractivity contribution in [3.05, 3.63) is 82.6 Å². The largest absolute Gasteiger partial charge is 0.488 e. The van der Waals surface area contributed by atoms with Gasteiger partial charge in [-0.15, -0.1) is 0 Å². The van der Waals surface area contributed by atoms with Gasteiger partial charge in [0.15, 0.2) is 0 Å². The second kappa shape index (κ2) is 9.50. The molecule has 0 saturated carbocycles. The molecule has 33 heavy (non-hydrogen) atoms. The predicted molar refractivity (Wildman–Crippen MR) is 118 cm³/mol. The summed E-state index contributed by atoms with van der Waals surface area (Å²) in [7, 11) is 0. The van der Waals surface area contributed by atoms with E-state index in [2.05, 4.69) is 15.5 Å². The number of carbonyl (C=O) groups is 2. The fraction of sp³-hybridized carbons (Fsp3) is 0.217. The highest BCUT2D eigenvalue weighted by molar-refractivity contribution is 6.34. The van der Waals surface area contributed by atoms with E-state index >= 15 is 0 Å². The Labute approximate surface area is 193 Å². The molecular weight excluding hydrogens is 454 g/mol. The van der Waals surface area contributed by atoms with Crippen molar-refractivity contribution in [2.75, 3.05) is 18.4 Å². The number of benzene rings is 2. The summed E-state index contributed by atoms with van der Waals surface area (Å²) >= 11 is 6.32. The number of aromatic nitrogens is 2. The molecule has 0 atom stereocenters. The van der Waals surface area contributed by atoms with Crippen LogP contribution >= 0.6 is 11.6 Å². The molecule has 0 unspecified atom stereocenters. The Balaban J connectivity index is 1.65. The zero-order chi connectivity index (χ0) is 23.4. The molecule has 3 aromatic rings. The smallest absolute Gasteiger partial charge is 0.267 e. The van der Waals surface area contributed by atoms with Gasteiger partial charge in [-0.25, -0.2) is 8.78 Å². The molecule has 1 aromatic heterocycles. The Bertz CT molecular complexity index is 1160. The molecule has 2 aromatic carbocycles. The van der Waals surface area contributed by atoms with Crippen LogP contribution in [-0.4, -0.2) is 45.9 Å². The number of halogens is 3. The Morgan fingerprint density at radius 3 is 2.58 bits per heavy atom. The fourth-order valence-corrected chi connectivity index (χ4v) is 3.64. The van der Waals surface area contributed by atoms with Crippen LogP contribution in [-0.2, 0) is 6.61 Å². The topological polar surface area (TPSA) is 84.4 Å². The summed E-state index contributed by atoms with van der Waals surface area (Å²) in [5.74, 6) is -4.03. The van der Waals surface area contributed by atoms with Crippen LogP contribution in [0, 0.1) is 0 Å². The van der Waals surface area contributed by atoms with E-state index in [4.69, 9.17) is 16.3 Å². The van der Waals surface area contributed by atoms with Crippen molar-refractivity contribution in [1.29, 1.82) is 0 Å². The highest BCUT2D eigenvalue weighted by Crippen LogP contribution is 2.33. The Morgan fingerprint density at radius 2 is 1.91 bits per heavy atom. The van der Waals surface area contributed by atoms with Crippen LogP contribution in [0.25, 0.3) is 0 Å². The highest BCUT2D eigenvalue weighted by atomic mass is 35.5. The van der Waals surface area contributed by atoms with Crippen LogP contribution in [0.15, 0.2) is 60.9 Å². The average molecular weight is 473 g/mol. The standard InChI is InChI=1S/C23H19ClF2N4O3/c24-19-10-18(21(31)29-16-6-8-27-28-12-16)20(33-13-15-4-2-1-3-5-15)11-17(19)22(32)30-9-7-23(25,26)14-30/h1-6,8,10-12H,7,9,13-14H2,(H,27,29,31). The lowest BCUT2D eigenvalue weighted by Crippen LogP contribution is -2.31. The van der Waals surface area contributed by atoms with Crippen molar-refractivity contribution >= 4 is 29.1 Å². The number of nitrogens with one attached hydrogen (secondary N) is 1. The van der Waals surface area contributed by atoms with Crippen molar-refractivity contribution in [1.82, 2.24) is 15.1 Å². The molecule has 1 aliphatic heterocycles. The third-order valence-electron chi connectivity index (χ3n) is 5.08. The summed E-state index contributed by atoms with van der Waals surface area (Å²) < 4.78 is 33.1. The number of nitrogens with zero attached hydrogens (tertiary/aromatic N) is 3. The molecule has 1 saturated heterocycles. The van der Waals surface area contributed by atoms with E-state index in [1.165, 1.54) is 24.5 Å². The van der Waals surface area contributed by atoms with E-state index in [0.29, 0.717) is 5.69 Å². The minimum absolute atomic E-state index is 0.0143. The molecule has 1 aliphatic rings. The second-order valence-electron chi connectivity index (χ2n) is 7.52. The second-order valence-corrected chi connectivity index (χ2v) is 7.93. The third-order valence-corrected chi connectivity index (χ3v) is 5.39. The molecule has 2 heterocycles. The van der Waals surface area contributed by atoms with Gasteiger partial charge in [0.2, 0.25) is 0 Å². The summed E-state index contributed by atoms with van der Waals surface area (Å²) in [5.41, 5.74) is 1.30. The first-order chi connectivity index (χ1) is 15.8. The van der Waals surface area contributed by atoms with Crippen LogP contribution < -0.4 is 10.1 Å². The SMILES string of the molecule is O=C(Nc1ccnnc1)c1cc(Cl)c(C(=O)N2CCC(F)(F)C2)cc1OCc1ccccc1. The van der Waals surface area contributed by atoms with Gasteiger partial charge in [0, 0.05) is 13.0 Å². The van der Waals surface area contributed by atoms with Crippen molar-refractivity contribution < 1.29 is 23.1 Å². The number of amides is 2. The number of alkyl halides is 2. The van der Waals surface area contributed by atoms with Crippen LogP contribution in [0.2, 0.25) is 5.02 Å². The van der Waals surface area contributed by atoms with Gasteiger partial charge >= 0.3 is 0 Å². The van der Waals surface area contributed by atoms with E-state index in [9.17, 15) is 18.4 Å². The molecule has 7 nitrogen and oxygen atoms in total. The van der Waals surface area contributed by atoms with Gasteiger partial charge in [-0.2, -0.15) is 10.2 Å². The Hall–Kier alpha value is -3.59. The van der Waals surface area contributed by atoms with Gasteiger partial charge < -0.3 is 15.0 Å². The quantitative estimate of drug-likeness (QED) is 0.573. The zero-order valence-electron chi connectivity index (χ0n) is 17.3. The van der Waals surface area contributed by atoms with E-state index in [1.54, 1.807) is 6.07 Å². The van der Waals surface area contributed by atoms with E-state index in [-0.39, 0.29) is 35.1 Å². The van der Waals surface area contributed by atoms with Gasteiger partial charge in [0.25, 0.3) is 17.7 Å². The lowest BCUT2D eigenvalue weighted by molar-refractivity contribution is 0.0120. The van der Waals surface area contributed by atoms with Gasteiger partial charge in [0.05, 0.1) is 40.8 Å². The van der Waals surface area contributed by atoms with Crippen molar-refractivity contribution in [3.63, 3.8) is 0 Å². The number of rotatable bonds is 6. The normalized spacial score (nSPS) is 14.7. The van der Waals surface area contributed by atoms with Crippen LogP contribution in [0.3, 0.4) is 0 Å². The highest BCUT2D eigenvalue weighted by Gasteiger charge is 2.41. The summed E-state index contributed by atoms with van der Waals surface area (Å²) in [5, 5.41) is 9.99. The first-order valence-corrected chi connectivity index (χ1v) is 10.5. The fourth-order valence-electron chi connectivity index (χ4n) is 3.39. The molecule has 170 valence electrons. The van der Waals surface area contributed by atoms with Crippen LogP contribution in [0.1, 0.15) is 32.7 Å². The van der Waals surface area contributed by atoms with E-state index in [0.717, 1.165) is 10.5 Å². The number of hydrogen-bond donors (Lipinski definition) is 1. The number of hydrogen-bond acceptors (Lipinski definition) is 5. The van der Waals surface area contributed by atoms with Gasteiger partial charge in [-0.05, 0) is 23.8 Å². The summed E-state index contributed by atoms with van der Waals surface area (Å²) in [6.07, 6.45) is 2.38. The van der Waals surface area contributed by atoms with Crippen LogP contribution in [0.5, 0.6) is 5.75 Å². The maximum Gasteiger partial charge on any atom is 0.267 e. The van der Waals surface area contributed by atoms with Crippen molar-refractivity contribution in [2.24, 2.45) is 0 Å². The monoisotopic (exact) mass is 472 g/mol. The van der Waals surface area contributed by atoms with Crippen molar-refractivity contribution in [3.8, 4) is 5.75 Å². The molecule has 0 radical (unpaired) electrons. The van der Waals surface area contributed by atoms with Crippen LogP contribution in [0.4, 0.5) is 14.5 Å². The number of ether oxygens (including phenoxy) is 1. The maximum absolute atomic E-state index is 13.6. The molecule has 1 fully saturated rings. The average Bonchev–Trinajstić information content (AvgIpc) is 3.18. The zero-order valence-corrected chi connectivity index (χ0v) is 18.1. The van der Waals surface area contributed by atoms with Crippen molar-refractivity contribution in [2.45, 2.75) is 19.0 Å². The Kier molecular flexibility index (Phi) is 6.50. The molecule has 10 heteroatoms. The van der Waals surface area contributed by atoms with Gasteiger partial charge in [-0.3, -0.25) is 9.59 Å². The molecule has 4 rings (SSSR count). The molecular formula is C23H19ClF2N4O3. The number of likely N-dealkylation sites (tertiary alicyclic amines) is 1. The molecule has 0 aliphatic carbocycles. The minimum atomic E-state index is -2.94. The summed E-state index contributed by atoms with van der Waals surface area (Å²) in [6.45, 7) is -0.645. The molecule has 2 amide bonds. The maximum atomic E-state index is 13.6. The Morgan fingerprint density at radius 1 is 1.12 bits per heavy atom. The molecule has 0 spiro atoms.